The molecule has 0 heterocycles. The van der Waals surface area contributed by atoms with E-state index in [1.54, 1.807) is 97.7 Å². The first-order valence-electron chi connectivity index (χ1n) is 21.2. The molecule has 0 saturated heterocycles. The van der Waals surface area contributed by atoms with Crippen LogP contribution >= 0.6 is 0 Å². The van der Waals surface area contributed by atoms with Gasteiger partial charge in [-0.05, 0) is 0 Å². The van der Waals surface area contributed by atoms with Gasteiger partial charge in [0, 0.05) is 0 Å². The van der Waals surface area contributed by atoms with E-state index in [-0.39, 0.29) is 0 Å². The van der Waals surface area contributed by atoms with Crippen LogP contribution in [0.5, 0.6) is 0 Å². The Morgan fingerprint density at radius 1 is 0.273 bits per heavy atom. The van der Waals surface area contributed by atoms with Gasteiger partial charge in [0.15, 0.2) is 0 Å². The quantitative estimate of drug-likeness (QED) is 0.0575. The van der Waals surface area contributed by atoms with E-state index in [0.717, 1.165) is 0 Å². The molecule has 0 aliphatic rings. The Kier molecular flexibility index (Phi) is 30.0. The Morgan fingerprint density at radius 2 is 0.409 bits per heavy atom. The van der Waals surface area contributed by atoms with Crippen molar-refractivity contribution in [3.63, 3.8) is 0 Å². The molecule has 0 N–H and O–H groups in total. The zero-order chi connectivity index (χ0) is 33.2. The standard InChI is InChI=1S/C4H9Si.9C4H9.3Sn/c1-5(2,3)4;9*1-3-4-2;;;/h1-3H2,4H3;9*1,3-4H2,2H3;;;. The predicted molar refractivity (Wildman–Crippen MR) is 221 cm³/mol. The van der Waals surface area contributed by atoms with E-state index in [1.165, 1.54) is 57.8 Å². The van der Waals surface area contributed by atoms with Crippen molar-refractivity contribution in [3.8, 4) is 0 Å². The van der Waals surface area contributed by atoms with Crippen molar-refractivity contribution in [2.24, 2.45) is 0 Å². The summed E-state index contributed by atoms with van der Waals surface area (Å²) in [7, 11) is -1.33. The van der Waals surface area contributed by atoms with Gasteiger partial charge in [-0.3, -0.25) is 0 Å². The third-order valence-corrected chi connectivity index (χ3v) is 94.3. The molecule has 44 heavy (non-hydrogen) atoms. The molecule has 0 fully saturated rings. The van der Waals surface area contributed by atoms with Crippen molar-refractivity contribution < 1.29 is 0 Å². The summed E-state index contributed by atoms with van der Waals surface area (Å²) >= 11 is -6.72. The van der Waals surface area contributed by atoms with Crippen LogP contribution in [0.15, 0.2) is 0 Å². The van der Waals surface area contributed by atoms with Gasteiger partial charge in [-0.25, -0.2) is 0 Å². The summed E-state index contributed by atoms with van der Waals surface area (Å²) in [6.07, 6.45) is 27.3. The molecule has 0 aliphatic heterocycles. The van der Waals surface area contributed by atoms with Crippen LogP contribution in [0.3, 0.4) is 0 Å². The summed E-state index contributed by atoms with van der Waals surface area (Å²) in [6.45, 7) is 25.8. The predicted octanol–water partition coefficient (Wildman–Crippen LogP) is 16.2. The summed E-state index contributed by atoms with van der Waals surface area (Å²) in [6, 6.07) is 0. The minimum atomic E-state index is -2.24. The first kappa shape index (κ1) is 46.6. The maximum absolute atomic E-state index is 3.19. The normalized spacial score (nSPS) is 13.2. The summed E-state index contributed by atoms with van der Waals surface area (Å²) in [5, 5.41) is 0. The van der Waals surface area contributed by atoms with Crippen molar-refractivity contribution in [3.05, 3.63) is 0 Å². The third kappa shape index (κ3) is 19.7. The van der Waals surface area contributed by atoms with Crippen LogP contribution in [0.2, 0.25) is 58.7 Å². The molecule has 0 bridgehead atoms. The van der Waals surface area contributed by atoms with Crippen LogP contribution in [-0.4, -0.2) is 63.2 Å². The Bertz CT molecular complexity index is 487. The van der Waals surface area contributed by atoms with Gasteiger partial charge in [0.05, 0.1) is 0 Å². The molecule has 4 heteroatoms. The maximum atomic E-state index is 3.19. The van der Waals surface area contributed by atoms with Crippen molar-refractivity contribution in [1.29, 1.82) is 0 Å². The van der Waals surface area contributed by atoms with Crippen LogP contribution in [0.25, 0.3) is 0 Å². The van der Waals surface area contributed by atoms with E-state index in [9.17, 15) is 0 Å². The number of hydrogen-bond acceptors (Lipinski definition) is 0. The van der Waals surface area contributed by atoms with Gasteiger partial charge in [-0.1, -0.05) is 0 Å². The molecule has 0 nitrogen and oxygen atoms in total. The number of rotatable bonds is 33. The Labute approximate surface area is 296 Å². The first-order chi connectivity index (χ1) is 21.2. The van der Waals surface area contributed by atoms with Crippen molar-refractivity contribution in [2.45, 2.75) is 237 Å². The zero-order valence-corrected chi connectivity index (χ0v) is 42.8. The van der Waals surface area contributed by atoms with Crippen LogP contribution in [0.4, 0.5) is 0 Å². The molecule has 0 unspecified atom stereocenters. The van der Waals surface area contributed by atoms with Crippen molar-refractivity contribution >= 4 is 63.2 Å². The monoisotopic (exact) mass is 958 g/mol. The average molecular weight is 955 g/mol. The summed E-state index contributed by atoms with van der Waals surface area (Å²) in [5.74, 6) is 0. The Morgan fingerprint density at radius 3 is 0.523 bits per heavy atom. The first-order valence-corrected chi connectivity index (χ1v) is 48.5. The van der Waals surface area contributed by atoms with Crippen LogP contribution in [0.1, 0.15) is 178 Å². The van der Waals surface area contributed by atoms with Crippen LogP contribution < -0.4 is 0 Å². The number of hydrogen-bond donors (Lipinski definition) is 0. The fourth-order valence-corrected chi connectivity index (χ4v) is 137. The molecule has 0 amide bonds. The van der Waals surface area contributed by atoms with Gasteiger partial charge in [-0.15, -0.1) is 0 Å². The SMILES string of the molecule is CCC[CH2][Sn]([CH2]CCC)([CH2]CCC)[CH2][Si](C)([CH2][Sn]([CH2]CCC)([CH2]CCC)[CH2]CCC)[CH2][Sn]([CH2]CCC)([CH2]CCC)[CH2]CCC. The molecule has 0 saturated carbocycles. The van der Waals surface area contributed by atoms with Gasteiger partial charge in [-0.2, -0.15) is 0 Å². The van der Waals surface area contributed by atoms with E-state index in [2.05, 4.69) is 68.9 Å². The van der Waals surface area contributed by atoms with Crippen molar-refractivity contribution in [1.82, 2.24) is 0 Å². The van der Waals surface area contributed by atoms with Gasteiger partial charge in [0.25, 0.3) is 0 Å². The second kappa shape index (κ2) is 28.3. The third-order valence-electron chi connectivity index (χ3n) is 12.0. The number of unbranched alkanes of at least 4 members (excludes halogenated alkanes) is 9. The fourth-order valence-electron chi connectivity index (χ4n) is 9.79. The molecule has 0 aliphatic carbocycles. The molecular weight excluding hydrogens is 865 g/mol. The van der Waals surface area contributed by atoms with Gasteiger partial charge in [0.1, 0.15) is 0 Å². The van der Waals surface area contributed by atoms with E-state index in [0.29, 0.717) is 0 Å². The van der Waals surface area contributed by atoms with Gasteiger partial charge >= 0.3 is 300 Å². The minimum absolute atomic E-state index is 1.33. The molecule has 0 spiro atoms. The second-order valence-corrected chi connectivity index (χ2v) is 69.1. The summed E-state index contributed by atoms with van der Waals surface area (Å²) in [5.41, 5.74) is 0. The molecule has 0 radical (unpaired) electrons. The fraction of sp³-hybridized carbons (Fsp3) is 1.00. The molecule has 0 aromatic rings. The molecule has 266 valence electrons. The molecule has 0 aromatic heterocycles. The molecular formula is C40H90SiSn3. The zero-order valence-electron chi connectivity index (χ0n) is 33.2. The van der Waals surface area contributed by atoms with Crippen LogP contribution in [-0.2, 0) is 0 Å². The Hall–Kier alpha value is 2.61. The van der Waals surface area contributed by atoms with Crippen molar-refractivity contribution in [2.75, 3.05) is 0 Å². The topological polar surface area (TPSA) is 0 Å². The second-order valence-electron chi connectivity index (χ2n) is 16.8. The molecule has 0 atom stereocenters. The van der Waals surface area contributed by atoms with Gasteiger partial charge in [0.2, 0.25) is 0 Å². The van der Waals surface area contributed by atoms with E-state index >= 15 is 0 Å². The van der Waals surface area contributed by atoms with E-state index in [1.807, 2.05) is 12.2 Å². The van der Waals surface area contributed by atoms with Gasteiger partial charge < -0.3 is 0 Å². The van der Waals surface area contributed by atoms with Crippen LogP contribution in [0, 0.1) is 0 Å². The Balaban J connectivity index is 7.25. The average Bonchev–Trinajstić information content (AvgIpc) is 3.02. The molecule has 0 rings (SSSR count). The summed E-state index contributed by atoms with van der Waals surface area (Å²) < 4.78 is 21.9. The molecule has 0 aromatic carbocycles. The summed E-state index contributed by atoms with van der Waals surface area (Å²) in [4.78, 5) is 0. The van der Waals surface area contributed by atoms with E-state index in [4.69, 9.17) is 0 Å². The van der Waals surface area contributed by atoms with E-state index < -0.39 is 63.2 Å².